The quantitative estimate of drug-likeness (QED) is 0.104. The molecule has 0 unspecified atom stereocenters. The molecule has 3 aromatic carbocycles. The zero-order valence-corrected chi connectivity index (χ0v) is 20.6. The van der Waals surface area contributed by atoms with Gasteiger partial charge in [-0.25, -0.2) is 4.79 Å². The average Bonchev–Trinajstić information content (AvgIpc) is 2.91. The van der Waals surface area contributed by atoms with Crippen molar-refractivity contribution in [2.75, 3.05) is 6.61 Å². The minimum atomic E-state index is -2.06. The van der Waals surface area contributed by atoms with E-state index in [0.29, 0.717) is 18.2 Å². The Hall–Kier alpha value is -4.96. The Morgan fingerprint density at radius 2 is 1.32 bits per heavy atom. The molecule has 0 radical (unpaired) electrons. The Morgan fingerprint density at radius 3 is 1.90 bits per heavy atom. The summed E-state index contributed by atoms with van der Waals surface area (Å²) in [5, 5.41) is 111. The van der Waals surface area contributed by atoms with Crippen molar-refractivity contribution < 1.29 is 75.2 Å². The lowest BCUT2D eigenvalue weighted by atomic mass is 9.88. The zero-order chi connectivity index (χ0) is 30.3. The van der Waals surface area contributed by atoms with Crippen LogP contribution in [0.15, 0.2) is 36.4 Å². The minimum absolute atomic E-state index is 0.328. The molecular formula is C26H24O15. The van der Waals surface area contributed by atoms with Crippen molar-refractivity contribution in [3.63, 3.8) is 0 Å². The van der Waals surface area contributed by atoms with Gasteiger partial charge in [-0.15, -0.1) is 0 Å². The number of aliphatic hydroxyl groups excluding tert-OH is 3. The number of ether oxygens (including phenoxy) is 2. The van der Waals surface area contributed by atoms with Crippen molar-refractivity contribution in [3.05, 3.63) is 58.7 Å². The third kappa shape index (κ3) is 5.17. The van der Waals surface area contributed by atoms with Gasteiger partial charge < -0.3 is 65.6 Å². The molecule has 3 aromatic rings. The number of carbonyl (C=O) groups is 2. The van der Waals surface area contributed by atoms with Gasteiger partial charge in [0.25, 0.3) is 0 Å². The molecule has 1 fully saturated rings. The van der Waals surface area contributed by atoms with E-state index in [4.69, 9.17) is 9.47 Å². The number of phenols is 8. The van der Waals surface area contributed by atoms with Gasteiger partial charge in [0.15, 0.2) is 34.9 Å². The number of ketones is 1. The lowest BCUT2D eigenvalue weighted by Crippen LogP contribution is -2.56. The molecule has 5 atom stereocenters. The number of aliphatic hydroxyl groups is 3. The molecular weight excluding hydrogens is 552 g/mol. The lowest BCUT2D eigenvalue weighted by Gasteiger charge is -2.42. The van der Waals surface area contributed by atoms with Gasteiger partial charge in [-0.05, 0) is 30.3 Å². The molecule has 41 heavy (non-hydrogen) atoms. The molecule has 0 aliphatic carbocycles. The summed E-state index contributed by atoms with van der Waals surface area (Å²) in [6, 6.07) is 4.86. The van der Waals surface area contributed by atoms with E-state index in [1.165, 1.54) is 0 Å². The van der Waals surface area contributed by atoms with E-state index in [1.54, 1.807) is 0 Å². The molecule has 15 heteroatoms. The highest BCUT2D eigenvalue weighted by atomic mass is 16.6. The fourth-order valence-corrected chi connectivity index (χ4v) is 4.34. The summed E-state index contributed by atoms with van der Waals surface area (Å²) >= 11 is 0. The highest BCUT2D eigenvalue weighted by Crippen LogP contribution is 2.47. The van der Waals surface area contributed by atoms with E-state index in [9.17, 15) is 65.8 Å². The monoisotopic (exact) mass is 576 g/mol. The van der Waals surface area contributed by atoms with E-state index >= 15 is 0 Å². The van der Waals surface area contributed by atoms with Crippen LogP contribution >= 0.6 is 0 Å². The van der Waals surface area contributed by atoms with E-state index in [-0.39, 0.29) is 5.56 Å². The maximum absolute atomic E-state index is 13.2. The second-order valence-electron chi connectivity index (χ2n) is 9.08. The molecule has 218 valence electrons. The first-order chi connectivity index (χ1) is 19.3. The van der Waals surface area contributed by atoms with Gasteiger partial charge in [0, 0.05) is 11.6 Å². The average molecular weight is 576 g/mol. The van der Waals surface area contributed by atoms with E-state index in [1.807, 2.05) is 0 Å². The molecule has 0 spiro atoms. The maximum Gasteiger partial charge on any atom is 0.338 e. The van der Waals surface area contributed by atoms with Crippen molar-refractivity contribution in [1.82, 2.24) is 0 Å². The zero-order valence-electron chi connectivity index (χ0n) is 20.6. The fourth-order valence-electron chi connectivity index (χ4n) is 4.34. The molecule has 1 heterocycles. The van der Waals surface area contributed by atoms with Gasteiger partial charge in [-0.2, -0.15) is 0 Å². The number of aromatic hydroxyl groups is 8. The summed E-state index contributed by atoms with van der Waals surface area (Å²) < 4.78 is 10.8. The van der Waals surface area contributed by atoms with Crippen molar-refractivity contribution in [3.8, 4) is 46.0 Å². The molecule has 0 amide bonds. The Bertz CT molecular complexity index is 1490. The van der Waals surface area contributed by atoms with Gasteiger partial charge >= 0.3 is 5.97 Å². The van der Waals surface area contributed by atoms with Crippen LogP contribution in [0.2, 0.25) is 0 Å². The van der Waals surface area contributed by atoms with Crippen LogP contribution in [0, 0.1) is 0 Å². The summed E-state index contributed by atoms with van der Waals surface area (Å²) in [5.74, 6) is -9.53. The van der Waals surface area contributed by atoms with Crippen molar-refractivity contribution >= 4 is 11.8 Å². The van der Waals surface area contributed by atoms with Gasteiger partial charge in [-0.1, -0.05) is 0 Å². The lowest BCUT2D eigenvalue weighted by molar-refractivity contribution is -0.232. The van der Waals surface area contributed by atoms with Crippen LogP contribution in [0.1, 0.15) is 37.9 Å². The standard InChI is InChI=1S/C26H24O15/c27-7-16-21(36)23(38)25(41-26(39)9-4-14(32)20(35)15(33)5-9)24(40-16)18-13(31)6-12(30)17(22(18)37)19(34)8-1-2-10(28)11(29)3-8/h1-6,16,21,23-25,27-33,35-38H,7H2/t16-,21-,23+,24+,25-/m1/s1. The van der Waals surface area contributed by atoms with Gasteiger partial charge in [0.05, 0.1) is 17.7 Å². The van der Waals surface area contributed by atoms with E-state index in [2.05, 4.69) is 0 Å². The molecule has 4 rings (SSSR count). The number of hydrogen-bond acceptors (Lipinski definition) is 15. The van der Waals surface area contributed by atoms with Crippen LogP contribution in [0.25, 0.3) is 0 Å². The second-order valence-corrected chi connectivity index (χ2v) is 9.08. The second kappa shape index (κ2) is 10.9. The van der Waals surface area contributed by atoms with Crippen molar-refractivity contribution in [2.24, 2.45) is 0 Å². The van der Waals surface area contributed by atoms with Crippen LogP contribution in [0.4, 0.5) is 0 Å². The Morgan fingerprint density at radius 1 is 0.707 bits per heavy atom. The molecule has 0 saturated carbocycles. The first-order valence-electron chi connectivity index (χ1n) is 11.7. The van der Waals surface area contributed by atoms with Crippen LogP contribution in [0.5, 0.6) is 46.0 Å². The van der Waals surface area contributed by atoms with Crippen LogP contribution in [-0.4, -0.2) is 98.9 Å². The highest BCUT2D eigenvalue weighted by molar-refractivity contribution is 6.13. The number of esters is 1. The van der Waals surface area contributed by atoms with Gasteiger partial charge in [0.1, 0.15) is 47.2 Å². The molecule has 15 nitrogen and oxygen atoms in total. The Labute approximate surface area is 229 Å². The molecule has 0 bridgehead atoms. The summed E-state index contributed by atoms with van der Waals surface area (Å²) in [6.07, 6.45) is -9.45. The first-order valence-corrected chi connectivity index (χ1v) is 11.7. The number of rotatable bonds is 6. The van der Waals surface area contributed by atoms with Crippen LogP contribution < -0.4 is 0 Å². The number of phenolic OH excluding ortho intramolecular Hbond substituents is 8. The number of benzene rings is 3. The van der Waals surface area contributed by atoms with Gasteiger partial charge in [0.2, 0.25) is 5.78 Å². The topological polar surface area (TPSA) is 275 Å². The van der Waals surface area contributed by atoms with Crippen LogP contribution in [0.3, 0.4) is 0 Å². The molecule has 1 aliphatic rings. The molecule has 1 aliphatic heterocycles. The third-order valence-electron chi connectivity index (χ3n) is 6.46. The summed E-state index contributed by atoms with van der Waals surface area (Å²) in [6.45, 7) is -0.909. The van der Waals surface area contributed by atoms with Crippen LogP contribution in [-0.2, 0) is 9.47 Å². The normalized spacial score (nSPS) is 22.3. The predicted octanol–water partition coefficient (Wildman–Crippen LogP) is -0.0580. The van der Waals surface area contributed by atoms with E-state index in [0.717, 1.165) is 18.2 Å². The Balaban J connectivity index is 1.81. The van der Waals surface area contributed by atoms with Crippen molar-refractivity contribution in [1.29, 1.82) is 0 Å². The summed E-state index contributed by atoms with van der Waals surface area (Å²) in [4.78, 5) is 26.0. The maximum atomic E-state index is 13.2. The number of hydrogen-bond donors (Lipinski definition) is 11. The summed E-state index contributed by atoms with van der Waals surface area (Å²) in [7, 11) is 0. The van der Waals surface area contributed by atoms with E-state index < -0.39 is 112 Å². The third-order valence-corrected chi connectivity index (χ3v) is 6.46. The Kier molecular flexibility index (Phi) is 7.72. The number of carbonyl (C=O) groups excluding carboxylic acids is 2. The van der Waals surface area contributed by atoms with Crippen molar-refractivity contribution in [2.45, 2.75) is 30.5 Å². The predicted molar refractivity (Wildman–Crippen MR) is 132 cm³/mol. The smallest absolute Gasteiger partial charge is 0.338 e. The fraction of sp³-hybridized carbons (Fsp3) is 0.231. The first kappa shape index (κ1) is 29.0. The SMILES string of the molecule is O=C(O[C@@H]1[C@@H](O)[C@H](O)[C@@H](CO)O[C@H]1c1c(O)cc(O)c(C(=O)c2ccc(O)c(O)c2)c1O)c1cc(O)c(O)c(O)c1. The molecule has 1 saturated heterocycles. The molecule has 11 N–H and O–H groups in total. The highest BCUT2D eigenvalue weighted by Gasteiger charge is 2.49. The minimum Gasteiger partial charge on any atom is -0.507 e. The molecule has 0 aromatic heterocycles. The largest absolute Gasteiger partial charge is 0.507 e. The van der Waals surface area contributed by atoms with Gasteiger partial charge in [-0.3, -0.25) is 4.79 Å². The summed E-state index contributed by atoms with van der Waals surface area (Å²) in [5.41, 5.74) is -2.45.